The second-order valence-electron chi connectivity index (χ2n) is 7.32. The molecule has 3 atom stereocenters. The normalized spacial score (nSPS) is 24.7. The van der Waals surface area contributed by atoms with E-state index in [4.69, 9.17) is 10.5 Å². The van der Waals surface area contributed by atoms with Crippen LogP contribution in [0.5, 0.6) is 0 Å². The van der Waals surface area contributed by atoms with Crippen molar-refractivity contribution in [2.75, 3.05) is 19.6 Å². The average molecular weight is 418 g/mol. The minimum absolute atomic E-state index is 0. The van der Waals surface area contributed by atoms with Crippen LogP contribution in [0.15, 0.2) is 29.2 Å². The first-order valence-electron chi connectivity index (χ1n) is 9.07. The molecular formula is C18H28ClN3O4S. The molecule has 1 amide bonds. The van der Waals surface area contributed by atoms with Gasteiger partial charge in [-0.1, -0.05) is 6.07 Å². The molecule has 152 valence electrons. The van der Waals surface area contributed by atoms with Crippen molar-refractivity contribution >= 4 is 28.3 Å². The van der Waals surface area contributed by atoms with Gasteiger partial charge < -0.3 is 15.8 Å². The Kier molecular flexibility index (Phi) is 7.27. The highest BCUT2D eigenvalue weighted by Gasteiger charge is 2.32. The SMILES string of the molecule is CC1CN(S(=O)(=O)c2cccc(C(=O)NCC(N)C3CC3)c2)CC(C)O1.Cl. The molecule has 1 aliphatic heterocycles. The number of benzene rings is 1. The van der Waals surface area contributed by atoms with Crippen molar-refractivity contribution in [1.82, 2.24) is 9.62 Å². The van der Waals surface area contributed by atoms with Gasteiger partial charge in [-0.2, -0.15) is 4.31 Å². The summed E-state index contributed by atoms with van der Waals surface area (Å²) in [4.78, 5) is 12.5. The van der Waals surface area contributed by atoms with Crippen LogP contribution in [0.4, 0.5) is 0 Å². The number of ether oxygens (including phenoxy) is 1. The molecule has 3 unspecified atom stereocenters. The van der Waals surface area contributed by atoms with Gasteiger partial charge >= 0.3 is 0 Å². The Bertz CT molecular complexity index is 760. The number of carbonyl (C=O) groups is 1. The zero-order valence-electron chi connectivity index (χ0n) is 15.6. The largest absolute Gasteiger partial charge is 0.373 e. The second kappa shape index (κ2) is 8.87. The predicted molar refractivity (Wildman–Crippen MR) is 105 cm³/mol. The van der Waals surface area contributed by atoms with E-state index in [1.807, 2.05) is 13.8 Å². The zero-order chi connectivity index (χ0) is 18.9. The fourth-order valence-corrected chi connectivity index (χ4v) is 4.91. The van der Waals surface area contributed by atoms with Gasteiger partial charge in [-0.15, -0.1) is 12.4 Å². The van der Waals surface area contributed by atoms with Crippen molar-refractivity contribution in [1.29, 1.82) is 0 Å². The second-order valence-corrected chi connectivity index (χ2v) is 9.26. The summed E-state index contributed by atoms with van der Waals surface area (Å²) in [5.41, 5.74) is 6.32. The lowest BCUT2D eigenvalue weighted by molar-refractivity contribution is -0.0440. The maximum atomic E-state index is 12.9. The number of halogens is 1. The number of morpholine rings is 1. The van der Waals surface area contributed by atoms with Crippen LogP contribution in [0.1, 0.15) is 37.0 Å². The van der Waals surface area contributed by atoms with Crippen molar-refractivity contribution in [2.45, 2.75) is 49.8 Å². The number of nitrogens with two attached hydrogens (primary N) is 1. The van der Waals surface area contributed by atoms with E-state index in [9.17, 15) is 13.2 Å². The topological polar surface area (TPSA) is 102 Å². The van der Waals surface area contributed by atoms with Gasteiger partial charge in [-0.05, 0) is 50.8 Å². The molecule has 0 radical (unpaired) electrons. The van der Waals surface area contributed by atoms with Gasteiger partial charge in [-0.25, -0.2) is 8.42 Å². The van der Waals surface area contributed by atoms with Crippen LogP contribution in [0.2, 0.25) is 0 Å². The fraction of sp³-hybridized carbons (Fsp3) is 0.611. The first kappa shape index (κ1) is 22.1. The highest BCUT2D eigenvalue weighted by molar-refractivity contribution is 7.89. The van der Waals surface area contributed by atoms with Gasteiger partial charge in [0.1, 0.15) is 0 Å². The smallest absolute Gasteiger partial charge is 0.251 e. The Balaban J connectivity index is 0.00000261. The summed E-state index contributed by atoms with van der Waals surface area (Å²) in [6.07, 6.45) is 1.90. The van der Waals surface area contributed by atoms with E-state index in [1.54, 1.807) is 12.1 Å². The van der Waals surface area contributed by atoms with Crippen molar-refractivity contribution in [2.24, 2.45) is 11.7 Å². The Morgan fingerprint density at radius 3 is 2.52 bits per heavy atom. The predicted octanol–water partition coefficient (Wildman–Crippen LogP) is 1.37. The van der Waals surface area contributed by atoms with Gasteiger partial charge in [0.2, 0.25) is 10.0 Å². The summed E-state index contributed by atoms with van der Waals surface area (Å²) < 4.78 is 32.9. The molecule has 3 rings (SSSR count). The molecule has 2 fully saturated rings. The van der Waals surface area contributed by atoms with Gasteiger partial charge in [0.25, 0.3) is 5.91 Å². The minimum Gasteiger partial charge on any atom is -0.373 e. The molecule has 0 spiro atoms. The van der Waals surface area contributed by atoms with Gasteiger partial charge in [0.05, 0.1) is 17.1 Å². The molecule has 1 saturated heterocycles. The summed E-state index contributed by atoms with van der Waals surface area (Å²) in [5, 5.41) is 2.80. The summed E-state index contributed by atoms with van der Waals surface area (Å²) in [6.45, 7) is 4.72. The standard InChI is InChI=1S/C18H27N3O4S.ClH/c1-12-10-21(11-13(2)25-12)26(23,24)16-5-3-4-15(8-16)18(22)20-9-17(19)14-6-7-14;/h3-5,8,12-14,17H,6-7,9-11,19H2,1-2H3,(H,20,22);1H. The van der Waals surface area contributed by atoms with Gasteiger partial charge in [-0.3, -0.25) is 4.79 Å². The van der Waals surface area contributed by atoms with Gasteiger partial charge in [0, 0.05) is 31.2 Å². The highest BCUT2D eigenvalue weighted by Crippen LogP contribution is 2.31. The third kappa shape index (κ3) is 5.42. The molecule has 1 aliphatic carbocycles. The molecule has 1 aromatic rings. The lowest BCUT2D eigenvalue weighted by Crippen LogP contribution is -2.48. The molecular weight excluding hydrogens is 390 g/mol. The van der Waals surface area contributed by atoms with Crippen LogP contribution >= 0.6 is 12.4 Å². The maximum Gasteiger partial charge on any atom is 0.251 e. The lowest BCUT2D eigenvalue weighted by Gasteiger charge is -2.34. The molecule has 1 saturated carbocycles. The summed E-state index contributed by atoms with van der Waals surface area (Å²) >= 11 is 0. The van der Waals surface area contributed by atoms with Crippen LogP contribution in [0.3, 0.4) is 0 Å². The number of nitrogens with zero attached hydrogens (tertiary/aromatic N) is 1. The first-order valence-corrected chi connectivity index (χ1v) is 10.5. The van der Waals surface area contributed by atoms with E-state index >= 15 is 0 Å². The monoisotopic (exact) mass is 417 g/mol. The number of nitrogens with one attached hydrogen (secondary N) is 1. The first-order chi connectivity index (χ1) is 12.3. The number of sulfonamides is 1. The Morgan fingerprint density at radius 1 is 1.30 bits per heavy atom. The average Bonchev–Trinajstić information content (AvgIpc) is 3.43. The van der Waals surface area contributed by atoms with Crippen molar-refractivity contribution in [3.63, 3.8) is 0 Å². The molecule has 1 aromatic carbocycles. The van der Waals surface area contributed by atoms with E-state index < -0.39 is 10.0 Å². The molecule has 0 bridgehead atoms. The Hall–Kier alpha value is -1.19. The van der Waals surface area contributed by atoms with Crippen molar-refractivity contribution in [3.8, 4) is 0 Å². The Morgan fingerprint density at radius 2 is 1.93 bits per heavy atom. The summed E-state index contributed by atoms with van der Waals surface area (Å²) in [7, 11) is -3.67. The molecule has 3 N–H and O–H groups in total. The van der Waals surface area contributed by atoms with Crippen LogP contribution in [-0.4, -0.2) is 56.5 Å². The van der Waals surface area contributed by atoms with E-state index in [1.165, 1.54) is 16.4 Å². The molecule has 9 heteroatoms. The quantitative estimate of drug-likeness (QED) is 0.727. The highest BCUT2D eigenvalue weighted by atomic mass is 35.5. The summed E-state index contributed by atoms with van der Waals surface area (Å²) in [5.74, 6) is 0.189. The molecule has 0 aromatic heterocycles. The fourth-order valence-electron chi connectivity index (χ4n) is 3.28. The van der Waals surface area contributed by atoms with E-state index in [-0.39, 0.29) is 41.5 Å². The van der Waals surface area contributed by atoms with Gasteiger partial charge in [0.15, 0.2) is 0 Å². The molecule has 1 heterocycles. The zero-order valence-corrected chi connectivity index (χ0v) is 17.3. The minimum atomic E-state index is -3.67. The summed E-state index contributed by atoms with van der Waals surface area (Å²) in [6, 6.07) is 6.12. The van der Waals surface area contributed by atoms with E-state index in [0.717, 1.165) is 12.8 Å². The van der Waals surface area contributed by atoms with Crippen LogP contribution < -0.4 is 11.1 Å². The number of rotatable bonds is 6. The third-order valence-corrected chi connectivity index (χ3v) is 6.67. The lowest BCUT2D eigenvalue weighted by atomic mass is 10.2. The van der Waals surface area contributed by atoms with E-state index in [0.29, 0.717) is 31.1 Å². The van der Waals surface area contributed by atoms with Crippen molar-refractivity contribution in [3.05, 3.63) is 29.8 Å². The van der Waals surface area contributed by atoms with Crippen LogP contribution in [0, 0.1) is 5.92 Å². The number of hydrogen-bond acceptors (Lipinski definition) is 5. The van der Waals surface area contributed by atoms with Crippen LogP contribution in [-0.2, 0) is 14.8 Å². The maximum absolute atomic E-state index is 12.9. The molecule has 2 aliphatic rings. The number of amides is 1. The third-order valence-electron chi connectivity index (χ3n) is 4.85. The number of hydrogen-bond donors (Lipinski definition) is 2. The Labute approximate surface area is 167 Å². The van der Waals surface area contributed by atoms with Crippen LogP contribution in [0.25, 0.3) is 0 Å². The van der Waals surface area contributed by atoms with E-state index in [2.05, 4.69) is 5.32 Å². The number of carbonyl (C=O) groups excluding carboxylic acids is 1. The molecule has 27 heavy (non-hydrogen) atoms. The molecule has 7 nitrogen and oxygen atoms in total. The van der Waals surface area contributed by atoms with Crippen molar-refractivity contribution < 1.29 is 17.9 Å².